The van der Waals surface area contributed by atoms with Crippen LogP contribution in [0.3, 0.4) is 0 Å². The van der Waals surface area contributed by atoms with Gasteiger partial charge in [-0.05, 0) is 25.0 Å². The van der Waals surface area contributed by atoms with Crippen LogP contribution in [0.4, 0.5) is 9.18 Å². The number of carbonyl (C=O) groups is 2. The number of nitrogens with one attached hydrogen (secondary N) is 1. The second-order valence-electron chi connectivity index (χ2n) is 5.65. The Morgan fingerprint density at radius 3 is 2.48 bits per heavy atom. The molecule has 0 bridgehead atoms. The Balaban J connectivity index is 2.03. The fourth-order valence-electron chi connectivity index (χ4n) is 3.21. The number of hydrogen-bond acceptors (Lipinski definition) is 5. The van der Waals surface area contributed by atoms with Gasteiger partial charge >= 0.3 is 6.03 Å². The largest absolute Gasteiger partial charge is 0.348 e. The van der Waals surface area contributed by atoms with Crippen LogP contribution in [0.2, 0.25) is 0 Å². The number of benzene rings is 1. The van der Waals surface area contributed by atoms with Gasteiger partial charge in [0.25, 0.3) is 5.91 Å². The van der Waals surface area contributed by atoms with E-state index >= 15 is 0 Å². The Kier molecular flexibility index (Phi) is 3.85. The Morgan fingerprint density at radius 1 is 1.17 bits per heavy atom. The fourth-order valence-corrected chi connectivity index (χ4v) is 5.23. The average Bonchev–Trinajstić information content (AvgIpc) is 2.53. The van der Waals surface area contributed by atoms with Crippen LogP contribution in [0.25, 0.3) is 0 Å². The molecule has 4 atom stereocenters. The van der Waals surface area contributed by atoms with Gasteiger partial charge < -0.3 is 5.32 Å². The first-order chi connectivity index (χ1) is 10.8. The first kappa shape index (κ1) is 15.9. The van der Waals surface area contributed by atoms with Crippen molar-refractivity contribution in [2.45, 2.75) is 35.2 Å². The number of alkyl halides is 1. The van der Waals surface area contributed by atoms with E-state index in [2.05, 4.69) is 5.32 Å². The van der Waals surface area contributed by atoms with Gasteiger partial charge in [-0.25, -0.2) is 17.6 Å². The van der Waals surface area contributed by atoms with Crippen molar-refractivity contribution in [3.8, 4) is 0 Å². The van der Waals surface area contributed by atoms with Crippen molar-refractivity contribution in [3.63, 3.8) is 0 Å². The predicted octanol–water partition coefficient (Wildman–Crippen LogP) is 0.887. The molecule has 0 aromatic heterocycles. The molecular formula is C14H15FN2O5S. The second kappa shape index (κ2) is 5.57. The van der Waals surface area contributed by atoms with Crippen LogP contribution < -0.4 is 5.32 Å². The first-order valence-corrected chi connectivity index (χ1v) is 8.65. The minimum absolute atomic E-state index is 0.0583. The maximum atomic E-state index is 14.4. The van der Waals surface area contributed by atoms with Crippen LogP contribution in [-0.4, -0.2) is 48.1 Å². The molecule has 9 heteroatoms. The van der Waals surface area contributed by atoms with Gasteiger partial charge in [-0.1, -0.05) is 18.2 Å². The number of hydrogen-bond donors (Lipinski definition) is 2. The summed E-state index contributed by atoms with van der Waals surface area (Å²) < 4.78 is 40.0. The fraction of sp³-hybridized carbons (Fsp3) is 0.429. The average molecular weight is 342 g/mol. The number of halogens is 1. The van der Waals surface area contributed by atoms with Crippen molar-refractivity contribution in [3.05, 3.63) is 30.3 Å². The molecule has 2 fully saturated rings. The molecule has 1 saturated carbocycles. The summed E-state index contributed by atoms with van der Waals surface area (Å²) in [6.45, 7) is 0. The van der Waals surface area contributed by atoms with Crippen molar-refractivity contribution in [2.24, 2.45) is 5.92 Å². The van der Waals surface area contributed by atoms with E-state index < -0.39 is 45.2 Å². The lowest BCUT2D eigenvalue weighted by Gasteiger charge is -2.42. The van der Waals surface area contributed by atoms with E-state index in [4.69, 9.17) is 0 Å². The standard InChI is InChI=1S/C14H15FN2O5S/c15-10-7-6-9-11(16-14(19)17(20)13(9)18)12(10)23(21,22)8-4-2-1-3-5-8/h1-5,9-12,20H,6-7H2,(H,16,19). The summed E-state index contributed by atoms with van der Waals surface area (Å²) in [4.78, 5) is 23.5. The summed E-state index contributed by atoms with van der Waals surface area (Å²) in [6.07, 6.45) is -1.78. The third kappa shape index (κ3) is 2.49. The lowest BCUT2D eigenvalue weighted by atomic mass is 9.81. The molecule has 1 aliphatic carbocycles. The highest BCUT2D eigenvalue weighted by atomic mass is 32.2. The summed E-state index contributed by atoms with van der Waals surface area (Å²) >= 11 is 0. The van der Waals surface area contributed by atoms with Gasteiger partial charge in [-0.2, -0.15) is 0 Å². The summed E-state index contributed by atoms with van der Waals surface area (Å²) in [6, 6.07) is 5.00. The molecule has 124 valence electrons. The predicted molar refractivity (Wildman–Crippen MR) is 76.0 cm³/mol. The van der Waals surface area contributed by atoms with Gasteiger partial charge in [0.05, 0.1) is 16.9 Å². The Morgan fingerprint density at radius 2 is 1.83 bits per heavy atom. The van der Waals surface area contributed by atoms with E-state index in [-0.39, 0.29) is 22.8 Å². The van der Waals surface area contributed by atoms with E-state index in [1.165, 1.54) is 24.3 Å². The van der Waals surface area contributed by atoms with Gasteiger partial charge in [0.2, 0.25) is 0 Å². The molecule has 2 N–H and O–H groups in total. The molecule has 2 aliphatic rings. The molecule has 1 saturated heterocycles. The number of carbonyl (C=O) groups excluding carboxylic acids is 2. The van der Waals surface area contributed by atoms with Crippen LogP contribution in [0.5, 0.6) is 0 Å². The Bertz CT molecular complexity index is 739. The van der Waals surface area contributed by atoms with Gasteiger partial charge in [0.1, 0.15) is 11.4 Å². The molecule has 4 unspecified atom stereocenters. The molecule has 1 heterocycles. The minimum Gasteiger partial charge on any atom is -0.331 e. The van der Waals surface area contributed by atoms with Crippen molar-refractivity contribution in [2.75, 3.05) is 0 Å². The molecule has 0 spiro atoms. The molecule has 7 nitrogen and oxygen atoms in total. The zero-order valence-electron chi connectivity index (χ0n) is 11.9. The molecule has 1 aliphatic heterocycles. The number of nitrogens with zero attached hydrogens (tertiary/aromatic N) is 1. The summed E-state index contributed by atoms with van der Waals surface area (Å²) in [5, 5.41) is 10.00. The quantitative estimate of drug-likeness (QED) is 0.777. The van der Waals surface area contributed by atoms with Gasteiger partial charge in [0, 0.05) is 0 Å². The minimum atomic E-state index is -4.09. The molecule has 1 aromatic carbocycles. The zero-order valence-corrected chi connectivity index (χ0v) is 12.7. The molecular weight excluding hydrogens is 327 g/mol. The number of amides is 3. The van der Waals surface area contributed by atoms with Crippen molar-refractivity contribution < 1.29 is 27.6 Å². The van der Waals surface area contributed by atoms with Crippen molar-refractivity contribution >= 4 is 21.8 Å². The number of rotatable bonds is 2. The topological polar surface area (TPSA) is 104 Å². The highest BCUT2D eigenvalue weighted by Crippen LogP contribution is 2.36. The highest BCUT2D eigenvalue weighted by Gasteiger charge is 2.54. The maximum absolute atomic E-state index is 14.4. The van der Waals surface area contributed by atoms with Gasteiger partial charge in [-0.3, -0.25) is 10.0 Å². The van der Waals surface area contributed by atoms with Crippen molar-refractivity contribution in [1.29, 1.82) is 0 Å². The maximum Gasteiger partial charge on any atom is 0.348 e. The summed E-state index contributed by atoms with van der Waals surface area (Å²) in [7, 11) is -4.09. The van der Waals surface area contributed by atoms with E-state index in [0.29, 0.717) is 0 Å². The van der Waals surface area contributed by atoms with Gasteiger partial charge in [-0.15, -0.1) is 5.06 Å². The SMILES string of the molecule is O=C1NC2C(CCC(F)C2S(=O)(=O)c2ccccc2)C(=O)N1O. The van der Waals surface area contributed by atoms with Crippen LogP contribution in [0, 0.1) is 5.92 Å². The Labute approximate surface area is 132 Å². The van der Waals surface area contributed by atoms with Crippen LogP contribution in [0.1, 0.15) is 12.8 Å². The van der Waals surface area contributed by atoms with E-state index in [1.807, 2.05) is 0 Å². The Hall–Kier alpha value is -2.00. The van der Waals surface area contributed by atoms with Crippen LogP contribution >= 0.6 is 0 Å². The second-order valence-corrected chi connectivity index (χ2v) is 7.75. The van der Waals surface area contributed by atoms with Gasteiger partial charge in [0.15, 0.2) is 9.84 Å². The third-order valence-corrected chi connectivity index (χ3v) is 6.57. The molecule has 3 amide bonds. The third-order valence-electron chi connectivity index (χ3n) is 4.34. The molecule has 23 heavy (non-hydrogen) atoms. The number of sulfone groups is 1. The zero-order chi connectivity index (χ0) is 16.8. The summed E-state index contributed by atoms with van der Waals surface area (Å²) in [5.74, 6) is -1.87. The molecule has 1 aromatic rings. The number of imide groups is 1. The van der Waals surface area contributed by atoms with E-state index in [1.54, 1.807) is 6.07 Å². The van der Waals surface area contributed by atoms with Crippen LogP contribution in [-0.2, 0) is 14.6 Å². The molecule has 3 rings (SSSR count). The molecule has 0 radical (unpaired) electrons. The summed E-state index contributed by atoms with van der Waals surface area (Å²) in [5.41, 5.74) is 0. The highest BCUT2D eigenvalue weighted by molar-refractivity contribution is 7.92. The number of urea groups is 1. The first-order valence-electron chi connectivity index (χ1n) is 7.10. The van der Waals surface area contributed by atoms with E-state index in [0.717, 1.165) is 0 Å². The normalized spacial score (nSPS) is 31.5. The smallest absolute Gasteiger partial charge is 0.331 e. The van der Waals surface area contributed by atoms with E-state index in [9.17, 15) is 27.6 Å². The number of fused-ring (bicyclic) bond motifs is 1. The lowest BCUT2D eigenvalue weighted by molar-refractivity contribution is -0.164. The van der Waals surface area contributed by atoms with Crippen molar-refractivity contribution in [1.82, 2.24) is 10.4 Å². The lowest BCUT2D eigenvalue weighted by Crippen LogP contribution is -2.67. The monoisotopic (exact) mass is 342 g/mol. The van der Waals surface area contributed by atoms with Crippen LogP contribution in [0.15, 0.2) is 35.2 Å². The number of hydroxylamine groups is 2.